The fraction of sp³-hybridized carbons (Fsp3) is 0. The Morgan fingerprint density at radius 3 is 1.75 bits per heavy atom. The molecule has 0 aliphatic rings. The molecule has 0 amide bonds. The maximum absolute atomic E-state index is 2.40. The number of benzene rings is 7. The van der Waals surface area contributed by atoms with E-state index in [9.17, 15) is 0 Å². The predicted octanol–water partition coefficient (Wildman–Crippen LogP) is 8.04. The first-order valence-corrected chi connectivity index (χ1v) is 9.79. The first kappa shape index (κ1) is 14.4. The van der Waals surface area contributed by atoms with E-state index in [4.69, 9.17) is 0 Å². The van der Waals surface area contributed by atoms with Gasteiger partial charge in [-0.3, -0.25) is 0 Å². The summed E-state index contributed by atoms with van der Waals surface area (Å²) in [5.74, 6) is 0. The van der Waals surface area contributed by atoms with Gasteiger partial charge in [0.15, 0.2) is 0 Å². The fourth-order valence-electron chi connectivity index (χ4n) is 5.11. The molecule has 0 radical (unpaired) electrons. The summed E-state index contributed by atoms with van der Waals surface area (Å²) in [6, 6.07) is 35.9. The molecule has 7 aromatic rings. The van der Waals surface area contributed by atoms with Crippen LogP contribution >= 0.6 is 0 Å². The van der Waals surface area contributed by atoms with Gasteiger partial charge in [0.1, 0.15) is 0 Å². The van der Waals surface area contributed by atoms with Crippen LogP contribution in [0.15, 0.2) is 97.1 Å². The van der Waals surface area contributed by atoms with Gasteiger partial charge in [0.25, 0.3) is 0 Å². The topological polar surface area (TPSA) is 0 Å². The Bertz CT molecular complexity index is 1700. The van der Waals surface area contributed by atoms with Crippen LogP contribution in [0.4, 0.5) is 0 Å². The largest absolute Gasteiger partial charge is 0.0616 e. The van der Waals surface area contributed by atoms with Gasteiger partial charge in [-0.2, -0.15) is 0 Å². The molecule has 0 unspecified atom stereocenters. The van der Waals surface area contributed by atoms with E-state index < -0.39 is 0 Å². The van der Waals surface area contributed by atoms with Crippen LogP contribution in [0.1, 0.15) is 0 Å². The lowest BCUT2D eigenvalue weighted by atomic mass is 9.86. The van der Waals surface area contributed by atoms with Crippen molar-refractivity contribution in [1.29, 1.82) is 0 Å². The zero-order chi connectivity index (χ0) is 18.2. The number of rotatable bonds is 0. The molecule has 0 bridgehead atoms. The highest BCUT2D eigenvalue weighted by atomic mass is 14.2. The zero-order valence-electron chi connectivity index (χ0n) is 15.2. The highest BCUT2D eigenvalue weighted by Gasteiger charge is 2.15. The Balaban J connectivity index is 1.88. The van der Waals surface area contributed by atoms with Crippen LogP contribution in [0.25, 0.3) is 64.6 Å². The summed E-state index contributed by atoms with van der Waals surface area (Å²) in [4.78, 5) is 0. The van der Waals surface area contributed by atoms with E-state index in [2.05, 4.69) is 97.1 Å². The molecule has 0 saturated heterocycles. The summed E-state index contributed by atoms with van der Waals surface area (Å²) in [5.41, 5.74) is 0. The predicted molar refractivity (Wildman–Crippen MR) is 123 cm³/mol. The molecule has 28 heavy (non-hydrogen) atoms. The van der Waals surface area contributed by atoms with Gasteiger partial charge < -0.3 is 0 Å². The summed E-state index contributed by atoms with van der Waals surface area (Å²) in [5, 5.41) is 16.1. The minimum atomic E-state index is 1.30. The minimum Gasteiger partial charge on any atom is -0.0616 e. The smallest absolute Gasteiger partial charge is 0.00139 e. The lowest BCUT2D eigenvalue weighted by molar-refractivity contribution is 1.79. The van der Waals surface area contributed by atoms with Gasteiger partial charge in [0, 0.05) is 0 Å². The highest BCUT2D eigenvalue weighted by Crippen LogP contribution is 2.43. The second-order valence-electron chi connectivity index (χ2n) is 7.78. The third-order valence-corrected chi connectivity index (χ3v) is 6.33. The maximum Gasteiger partial charge on any atom is -0.00139 e. The van der Waals surface area contributed by atoms with E-state index in [1.54, 1.807) is 0 Å². The molecule has 0 aromatic heterocycles. The van der Waals surface area contributed by atoms with Gasteiger partial charge in [-0.05, 0) is 82.8 Å². The molecule has 7 aromatic carbocycles. The van der Waals surface area contributed by atoms with Crippen LogP contribution in [-0.4, -0.2) is 0 Å². The Kier molecular flexibility index (Phi) is 2.57. The molecule has 0 aliphatic carbocycles. The van der Waals surface area contributed by atoms with E-state index in [1.807, 2.05) is 0 Å². The first-order valence-electron chi connectivity index (χ1n) is 9.79. The second-order valence-corrected chi connectivity index (χ2v) is 7.78. The van der Waals surface area contributed by atoms with Gasteiger partial charge in [-0.15, -0.1) is 0 Å². The van der Waals surface area contributed by atoms with Crippen LogP contribution in [0, 0.1) is 0 Å². The van der Waals surface area contributed by atoms with Crippen LogP contribution in [0.5, 0.6) is 0 Å². The van der Waals surface area contributed by atoms with Crippen LogP contribution in [0.3, 0.4) is 0 Å². The minimum absolute atomic E-state index is 1.30. The van der Waals surface area contributed by atoms with Gasteiger partial charge in [-0.1, -0.05) is 78.9 Å². The van der Waals surface area contributed by atoms with Crippen molar-refractivity contribution in [3.05, 3.63) is 97.1 Å². The molecule has 0 heteroatoms. The summed E-state index contributed by atoms with van der Waals surface area (Å²) in [6.45, 7) is 0. The molecule has 0 N–H and O–H groups in total. The number of hydrogen-bond acceptors (Lipinski definition) is 0. The van der Waals surface area contributed by atoms with Crippen molar-refractivity contribution >= 4 is 64.6 Å². The van der Waals surface area contributed by atoms with E-state index in [-0.39, 0.29) is 0 Å². The third-order valence-electron chi connectivity index (χ3n) is 6.33. The summed E-state index contributed by atoms with van der Waals surface area (Å²) >= 11 is 0. The number of hydrogen-bond donors (Lipinski definition) is 0. The Morgan fingerprint density at radius 1 is 0.286 bits per heavy atom. The van der Waals surface area contributed by atoms with Gasteiger partial charge >= 0.3 is 0 Å². The van der Waals surface area contributed by atoms with Gasteiger partial charge in [0.2, 0.25) is 0 Å². The lowest BCUT2D eigenvalue weighted by Crippen LogP contribution is -1.88. The Hall–Kier alpha value is -3.64. The van der Waals surface area contributed by atoms with Crippen molar-refractivity contribution in [3.8, 4) is 0 Å². The molecular formula is C28H16. The van der Waals surface area contributed by atoms with Crippen LogP contribution in [0.2, 0.25) is 0 Å². The normalized spacial score (nSPS) is 12.3. The zero-order valence-corrected chi connectivity index (χ0v) is 15.2. The van der Waals surface area contributed by atoms with Crippen molar-refractivity contribution in [1.82, 2.24) is 0 Å². The van der Waals surface area contributed by atoms with Crippen molar-refractivity contribution < 1.29 is 0 Å². The van der Waals surface area contributed by atoms with E-state index in [1.165, 1.54) is 64.6 Å². The van der Waals surface area contributed by atoms with E-state index in [0.29, 0.717) is 0 Å². The van der Waals surface area contributed by atoms with Crippen molar-refractivity contribution in [2.45, 2.75) is 0 Å². The Labute approximate surface area is 162 Å². The molecule has 0 aliphatic heterocycles. The van der Waals surface area contributed by atoms with Gasteiger partial charge in [0.05, 0.1) is 0 Å². The van der Waals surface area contributed by atoms with Gasteiger partial charge in [-0.25, -0.2) is 0 Å². The molecular weight excluding hydrogens is 336 g/mol. The standard InChI is InChI=1S/C28H16/c1-2-7-19-15-25-20(14-18(19)6-1)16-26-22-10-4-3-9-21(22)23-11-5-8-17-12-13-24(25)28(26)27(17)23/h1-16H. The summed E-state index contributed by atoms with van der Waals surface area (Å²) in [6.07, 6.45) is 0. The van der Waals surface area contributed by atoms with Crippen LogP contribution in [-0.2, 0) is 0 Å². The van der Waals surface area contributed by atoms with E-state index in [0.717, 1.165) is 0 Å². The molecule has 0 nitrogen and oxygen atoms in total. The SMILES string of the molecule is c1ccc2cc3c(cc2c1)cc1c2ccccc2c2cccc4ccc3c1c42. The molecule has 0 saturated carbocycles. The quantitative estimate of drug-likeness (QED) is 0.191. The maximum atomic E-state index is 2.40. The first-order chi connectivity index (χ1) is 13.9. The Morgan fingerprint density at radius 2 is 0.893 bits per heavy atom. The van der Waals surface area contributed by atoms with E-state index >= 15 is 0 Å². The number of fused-ring (bicyclic) bond motifs is 6. The average molecular weight is 352 g/mol. The molecule has 0 spiro atoms. The molecule has 0 heterocycles. The molecule has 128 valence electrons. The van der Waals surface area contributed by atoms with Crippen molar-refractivity contribution in [2.75, 3.05) is 0 Å². The van der Waals surface area contributed by atoms with Crippen molar-refractivity contribution in [2.24, 2.45) is 0 Å². The molecule has 0 fully saturated rings. The lowest BCUT2D eigenvalue weighted by Gasteiger charge is -2.16. The second kappa shape index (κ2) is 4.99. The average Bonchev–Trinajstić information content (AvgIpc) is 2.76. The molecule has 0 atom stereocenters. The third kappa shape index (κ3) is 1.70. The fourth-order valence-corrected chi connectivity index (χ4v) is 5.11. The highest BCUT2D eigenvalue weighted by molar-refractivity contribution is 6.37. The van der Waals surface area contributed by atoms with Crippen molar-refractivity contribution in [3.63, 3.8) is 0 Å². The summed E-state index contributed by atoms with van der Waals surface area (Å²) in [7, 11) is 0. The van der Waals surface area contributed by atoms with Crippen LogP contribution < -0.4 is 0 Å². The monoisotopic (exact) mass is 352 g/mol. The molecule has 7 rings (SSSR count). The summed E-state index contributed by atoms with van der Waals surface area (Å²) < 4.78 is 0.